The molecule has 1 amide bonds. The molecule has 12 heavy (non-hydrogen) atoms. The Labute approximate surface area is 71.1 Å². The quantitative estimate of drug-likeness (QED) is 0.531. The van der Waals surface area contributed by atoms with Crippen LogP contribution in [0, 0.1) is 0 Å². The molecule has 0 spiro atoms. The van der Waals surface area contributed by atoms with Crippen molar-refractivity contribution in [2.75, 3.05) is 13.1 Å². The van der Waals surface area contributed by atoms with E-state index in [4.69, 9.17) is 10.2 Å². The van der Waals surface area contributed by atoms with Gasteiger partial charge in [0.1, 0.15) is 0 Å². The first-order valence-electron chi connectivity index (χ1n) is 3.90. The molecule has 1 aliphatic rings. The molecule has 2 unspecified atom stereocenters. The van der Waals surface area contributed by atoms with E-state index in [1.165, 1.54) is 11.0 Å². The highest BCUT2D eigenvalue weighted by Gasteiger charge is 2.31. The van der Waals surface area contributed by atoms with Gasteiger partial charge < -0.3 is 15.1 Å². The summed E-state index contributed by atoms with van der Waals surface area (Å²) in [5.74, 6) is -0.0967. The van der Waals surface area contributed by atoms with Crippen LogP contribution in [0.5, 0.6) is 0 Å². The van der Waals surface area contributed by atoms with Gasteiger partial charge in [0.2, 0.25) is 5.91 Å². The van der Waals surface area contributed by atoms with Gasteiger partial charge in [-0.2, -0.15) is 0 Å². The van der Waals surface area contributed by atoms with E-state index in [-0.39, 0.29) is 25.4 Å². The second-order valence-electron chi connectivity index (χ2n) is 2.93. The smallest absolute Gasteiger partial charge is 0.226 e. The molecule has 0 saturated carbocycles. The molecular weight excluding hydrogens is 158 g/mol. The number of hydrogen-bond acceptors (Lipinski definition) is 3. The molecule has 0 aromatic rings. The summed E-state index contributed by atoms with van der Waals surface area (Å²) in [6, 6.07) is 0. The van der Waals surface area contributed by atoms with Crippen LogP contribution in [0.15, 0.2) is 12.7 Å². The zero-order valence-electron chi connectivity index (χ0n) is 6.81. The number of aliphatic hydroxyl groups excluding tert-OH is 2. The van der Waals surface area contributed by atoms with Crippen molar-refractivity contribution in [1.82, 2.24) is 4.90 Å². The number of rotatable bonds is 2. The lowest BCUT2D eigenvalue weighted by molar-refractivity contribution is -0.129. The predicted molar refractivity (Wildman–Crippen MR) is 43.4 cm³/mol. The standard InChI is InChI=1S/C8H13NO3/c1-2-3-8(12)9-4-6(10)7(11)5-9/h2,6-7,10-11H,1,3-5H2. The molecule has 4 nitrogen and oxygen atoms in total. The number of carbonyl (C=O) groups excluding carboxylic acids is 1. The fraction of sp³-hybridized carbons (Fsp3) is 0.625. The lowest BCUT2D eigenvalue weighted by Crippen LogP contribution is -2.29. The zero-order valence-corrected chi connectivity index (χ0v) is 6.81. The summed E-state index contributed by atoms with van der Waals surface area (Å²) < 4.78 is 0. The average Bonchev–Trinajstić information content (AvgIpc) is 2.33. The van der Waals surface area contributed by atoms with Crippen molar-refractivity contribution in [2.45, 2.75) is 18.6 Å². The Morgan fingerprint density at radius 3 is 2.42 bits per heavy atom. The van der Waals surface area contributed by atoms with E-state index in [0.29, 0.717) is 0 Å². The summed E-state index contributed by atoms with van der Waals surface area (Å²) in [6.45, 7) is 3.90. The van der Waals surface area contributed by atoms with Crippen molar-refractivity contribution < 1.29 is 15.0 Å². The molecular formula is C8H13NO3. The van der Waals surface area contributed by atoms with Gasteiger partial charge in [-0.3, -0.25) is 4.79 Å². The van der Waals surface area contributed by atoms with Crippen LogP contribution in [0.2, 0.25) is 0 Å². The molecule has 0 aromatic carbocycles. The van der Waals surface area contributed by atoms with Crippen LogP contribution in [0.25, 0.3) is 0 Å². The summed E-state index contributed by atoms with van der Waals surface area (Å²) in [6.07, 6.45) is 0.191. The molecule has 1 heterocycles. The van der Waals surface area contributed by atoms with Gasteiger partial charge in [0.15, 0.2) is 0 Å². The zero-order chi connectivity index (χ0) is 9.14. The molecule has 1 fully saturated rings. The minimum atomic E-state index is -0.793. The maximum atomic E-state index is 11.2. The van der Waals surface area contributed by atoms with E-state index in [0.717, 1.165) is 0 Å². The summed E-state index contributed by atoms with van der Waals surface area (Å²) >= 11 is 0. The normalized spacial score (nSPS) is 29.0. The molecule has 0 aromatic heterocycles. The molecule has 1 saturated heterocycles. The van der Waals surface area contributed by atoms with Crippen molar-refractivity contribution in [3.63, 3.8) is 0 Å². The van der Waals surface area contributed by atoms with Crippen LogP contribution in [0.1, 0.15) is 6.42 Å². The SMILES string of the molecule is C=CCC(=O)N1CC(O)C(O)C1. The molecule has 1 aliphatic heterocycles. The fourth-order valence-corrected chi connectivity index (χ4v) is 1.23. The third kappa shape index (κ3) is 1.84. The van der Waals surface area contributed by atoms with Gasteiger partial charge in [-0.1, -0.05) is 6.08 Å². The van der Waals surface area contributed by atoms with E-state index >= 15 is 0 Å². The van der Waals surface area contributed by atoms with Crippen molar-refractivity contribution in [3.8, 4) is 0 Å². The summed E-state index contributed by atoms with van der Waals surface area (Å²) in [5.41, 5.74) is 0. The Hall–Kier alpha value is -0.870. The number of carbonyl (C=O) groups is 1. The van der Waals surface area contributed by atoms with Crippen LogP contribution >= 0.6 is 0 Å². The Balaban J connectivity index is 2.45. The Morgan fingerprint density at radius 1 is 1.50 bits per heavy atom. The van der Waals surface area contributed by atoms with Crippen LogP contribution in [0.3, 0.4) is 0 Å². The second-order valence-corrected chi connectivity index (χ2v) is 2.93. The number of aliphatic hydroxyl groups is 2. The van der Waals surface area contributed by atoms with E-state index in [9.17, 15) is 4.79 Å². The molecule has 2 atom stereocenters. The van der Waals surface area contributed by atoms with Gasteiger partial charge in [0, 0.05) is 19.5 Å². The lowest BCUT2D eigenvalue weighted by atomic mass is 10.3. The van der Waals surface area contributed by atoms with Gasteiger partial charge in [-0.25, -0.2) is 0 Å². The van der Waals surface area contributed by atoms with E-state index in [1.54, 1.807) is 0 Å². The lowest BCUT2D eigenvalue weighted by Gasteiger charge is -2.13. The number of β-amino-alcohol motifs (C(OH)–C–C–N with tert-alkyl or cyclic N) is 2. The summed E-state index contributed by atoms with van der Waals surface area (Å²) in [4.78, 5) is 12.6. The van der Waals surface area contributed by atoms with E-state index in [2.05, 4.69) is 6.58 Å². The average molecular weight is 171 g/mol. The van der Waals surface area contributed by atoms with E-state index in [1.807, 2.05) is 0 Å². The Kier molecular flexibility index (Phi) is 2.83. The molecule has 4 heteroatoms. The largest absolute Gasteiger partial charge is 0.388 e. The Morgan fingerprint density at radius 2 is 2.00 bits per heavy atom. The summed E-state index contributed by atoms with van der Waals surface area (Å²) in [5, 5.41) is 18.2. The van der Waals surface area contributed by atoms with Crippen molar-refractivity contribution in [2.24, 2.45) is 0 Å². The predicted octanol–water partition coefficient (Wildman–Crippen LogP) is -0.874. The molecule has 0 bridgehead atoms. The maximum absolute atomic E-state index is 11.2. The first kappa shape index (κ1) is 9.22. The monoisotopic (exact) mass is 171 g/mol. The molecule has 1 rings (SSSR count). The molecule has 0 aliphatic carbocycles. The number of amides is 1. The van der Waals surface area contributed by atoms with Gasteiger partial charge in [0.25, 0.3) is 0 Å². The van der Waals surface area contributed by atoms with Crippen LogP contribution in [0.4, 0.5) is 0 Å². The van der Waals surface area contributed by atoms with Crippen molar-refractivity contribution in [3.05, 3.63) is 12.7 Å². The van der Waals surface area contributed by atoms with Gasteiger partial charge in [-0.15, -0.1) is 6.58 Å². The number of likely N-dealkylation sites (tertiary alicyclic amines) is 1. The minimum absolute atomic E-state index is 0.0967. The number of hydrogen-bond donors (Lipinski definition) is 2. The Bertz CT molecular complexity index is 183. The first-order valence-corrected chi connectivity index (χ1v) is 3.90. The second kappa shape index (κ2) is 3.69. The topological polar surface area (TPSA) is 60.8 Å². The van der Waals surface area contributed by atoms with Gasteiger partial charge >= 0.3 is 0 Å². The molecule has 2 N–H and O–H groups in total. The van der Waals surface area contributed by atoms with Gasteiger partial charge in [0.05, 0.1) is 12.2 Å². The highest BCUT2D eigenvalue weighted by atomic mass is 16.3. The fourth-order valence-electron chi connectivity index (χ4n) is 1.23. The maximum Gasteiger partial charge on any atom is 0.226 e. The van der Waals surface area contributed by atoms with Crippen LogP contribution in [-0.4, -0.2) is 46.3 Å². The number of nitrogens with zero attached hydrogens (tertiary/aromatic N) is 1. The third-order valence-electron chi connectivity index (χ3n) is 1.93. The third-order valence-corrected chi connectivity index (χ3v) is 1.93. The van der Waals surface area contributed by atoms with Crippen molar-refractivity contribution in [1.29, 1.82) is 0 Å². The highest BCUT2D eigenvalue weighted by Crippen LogP contribution is 2.10. The molecule has 0 radical (unpaired) electrons. The van der Waals surface area contributed by atoms with Gasteiger partial charge in [-0.05, 0) is 0 Å². The van der Waals surface area contributed by atoms with Crippen LogP contribution in [-0.2, 0) is 4.79 Å². The highest BCUT2D eigenvalue weighted by molar-refractivity contribution is 5.78. The first-order chi connectivity index (χ1) is 5.65. The molecule has 68 valence electrons. The summed E-state index contributed by atoms with van der Waals surface area (Å²) in [7, 11) is 0. The minimum Gasteiger partial charge on any atom is -0.388 e. The van der Waals surface area contributed by atoms with Crippen LogP contribution < -0.4 is 0 Å². The van der Waals surface area contributed by atoms with Crippen molar-refractivity contribution >= 4 is 5.91 Å². The van der Waals surface area contributed by atoms with E-state index < -0.39 is 12.2 Å².